The number of carbonyl (C=O) groups excluding carboxylic acids is 3. The van der Waals surface area contributed by atoms with E-state index >= 15 is 0 Å². The fraction of sp³-hybridized carbons (Fsp3) is 0.250. The average molecular weight is 339 g/mol. The van der Waals surface area contributed by atoms with Crippen molar-refractivity contribution in [2.75, 3.05) is 11.9 Å². The highest BCUT2D eigenvalue weighted by Crippen LogP contribution is 2.13. The molecule has 0 fully saturated rings. The van der Waals surface area contributed by atoms with E-state index in [0.29, 0.717) is 23.2 Å². The Labute approximate surface area is 147 Å². The molecule has 0 saturated carbocycles. The number of nitrogens with one attached hydrogen (secondary N) is 1. The van der Waals surface area contributed by atoms with E-state index in [1.54, 1.807) is 43.3 Å². The first-order valence-electron chi connectivity index (χ1n) is 8.08. The number of hydrogen-bond donors (Lipinski definition) is 1. The summed E-state index contributed by atoms with van der Waals surface area (Å²) in [6.45, 7) is 5.34. The van der Waals surface area contributed by atoms with E-state index in [1.165, 1.54) is 0 Å². The molecule has 0 heterocycles. The van der Waals surface area contributed by atoms with Crippen LogP contribution in [0.3, 0.4) is 0 Å². The molecule has 0 radical (unpaired) electrons. The third-order valence-corrected chi connectivity index (χ3v) is 3.89. The van der Waals surface area contributed by atoms with Gasteiger partial charge in [0.25, 0.3) is 0 Å². The molecule has 0 spiro atoms. The molecule has 2 rings (SSSR count). The molecule has 5 nitrogen and oxygen atoms in total. The van der Waals surface area contributed by atoms with E-state index in [0.717, 1.165) is 11.1 Å². The lowest BCUT2D eigenvalue weighted by Gasteiger charge is -2.07. The second kappa shape index (κ2) is 8.24. The number of rotatable bonds is 6. The van der Waals surface area contributed by atoms with Crippen LogP contribution < -0.4 is 5.32 Å². The van der Waals surface area contributed by atoms with Gasteiger partial charge in [-0.1, -0.05) is 19.1 Å². The molecule has 0 aliphatic rings. The molecule has 2 aromatic rings. The highest BCUT2D eigenvalue weighted by Gasteiger charge is 2.12. The minimum Gasteiger partial charge on any atom is -0.454 e. The van der Waals surface area contributed by atoms with Gasteiger partial charge in [0, 0.05) is 17.7 Å². The second-order valence-electron chi connectivity index (χ2n) is 5.78. The van der Waals surface area contributed by atoms with Crippen LogP contribution in [0.4, 0.5) is 5.69 Å². The number of ketones is 1. The monoisotopic (exact) mass is 339 g/mol. The molecule has 0 saturated heterocycles. The van der Waals surface area contributed by atoms with Crippen molar-refractivity contribution in [1.82, 2.24) is 0 Å². The number of aryl methyl sites for hydroxylation is 2. The van der Waals surface area contributed by atoms with Gasteiger partial charge in [-0.3, -0.25) is 9.59 Å². The number of amides is 1. The minimum absolute atomic E-state index is 0.102. The maximum Gasteiger partial charge on any atom is 0.338 e. The summed E-state index contributed by atoms with van der Waals surface area (Å²) in [6, 6.07) is 11.7. The molecule has 2 aromatic carbocycles. The smallest absolute Gasteiger partial charge is 0.338 e. The Morgan fingerprint density at radius 1 is 0.920 bits per heavy atom. The fourth-order valence-corrected chi connectivity index (χ4v) is 2.15. The number of carbonyl (C=O) groups is 3. The molecular formula is C20H21NO4. The maximum absolute atomic E-state index is 12.1. The number of benzene rings is 2. The van der Waals surface area contributed by atoms with E-state index in [4.69, 9.17) is 4.74 Å². The zero-order valence-corrected chi connectivity index (χ0v) is 14.6. The molecule has 0 aliphatic heterocycles. The van der Waals surface area contributed by atoms with Gasteiger partial charge >= 0.3 is 5.97 Å². The fourth-order valence-electron chi connectivity index (χ4n) is 2.15. The molecular weight excluding hydrogens is 318 g/mol. The predicted octanol–water partition coefficient (Wildman–Crippen LogP) is 3.69. The predicted molar refractivity (Wildman–Crippen MR) is 95.9 cm³/mol. The van der Waals surface area contributed by atoms with Crippen LogP contribution in [0, 0.1) is 13.8 Å². The Hall–Kier alpha value is -2.95. The summed E-state index contributed by atoms with van der Waals surface area (Å²) in [5, 5.41) is 2.69. The van der Waals surface area contributed by atoms with Gasteiger partial charge in [0.05, 0.1) is 5.56 Å². The quantitative estimate of drug-likeness (QED) is 0.643. The normalized spacial score (nSPS) is 10.2. The van der Waals surface area contributed by atoms with Gasteiger partial charge in [-0.25, -0.2) is 4.79 Å². The third-order valence-electron chi connectivity index (χ3n) is 3.89. The summed E-state index contributed by atoms with van der Waals surface area (Å²) in [4.78, 5) is 35.5. The molecule has 0 bridgehead atoms. The summed E-state index contributed by atoms with van der Waals surface area (Å²) in [5.41, 5.74) is 3.57. The standard InChI is InChI=1S/C20H21NO4/c1-4-19(23)21-17-9-7-15(8-10-17)20(24)25-12-18(22)16-6-5-13(2)14(3)11-16/h5-11H,4,12H2,1-3H3,(H,21,23). The number of Topliss-reactive ketones (excluding diaryl/α,β-unsaturated/α-hetero) is 1. The van der Waals surface area contributed by atoms with Crippen LogP contribution in [0.1, 0.15) is 45.2 Å². The molecule has 0 atom stereocenters. The van der Waals surface area contributed by atoms with Crippen molar-refractivity contribution in [3.8, 4) is 0 Å². The number of ether oxygens (including phenoxy) is 1. The van der Waals surface area contributed by atoms with Crippen LogP contribution in [-0.4, -0.2) is 24.3 Å². The van der Waals surface area contributed by atoms with Crippen LogP contribution >= 0.6 is 0 Å². The van der Waals surface area contributed by atoms with Gasteiger partial charge in [0.2, 0.25) is 5.91 Å². The SMILES string of the molecule is CCC(=O)Nc1ccc(C(=O)OCC(=O)c2ccc(C)c(C)c2)cc1. The van der Waals surface area contributed by atoms with Gasteiger partial charge in [-0.2, -0.15) is 0 Å². The largest absolute Gasteiger partial charge is 0.454 e. The Bertz CT molecular complexity index is 794. The van der Waals surface area contributed by atoms with Crippen LogP contribution in [0.15, 0.2) is 42.5 Å². The molecule has 5 heteroatoms. The summed E-state index contributed by atoms with van der Waals surface area (Å²) in [6.07, 6.45) is 0.379. The Kier molecular flexibility index (Phi) is 6.06. The first-order valence-corrected chi connectivity index (χ1v) is 8.08. The van der Waals surface area contributed by atoms with Crippen LogP contribution in [-0.2, 0) is 9.53 Å². The Balaban J connectivity index is 1.94. The van der Waals surface area contributed by atoms with Gasteiger partial charge in [0.15, 0.2) is 12.4 Å². The molecule has 1 N–H and O–H groups in total. The zero-order valence-electron chi connectivity index (χ0n) is 14.6. The van der Waals surface area contributed by atoms with E-state index in [9.17, 15) is 14.4 Å². The highest BCUT2D eigenvalue weighted by atomic mass is 16.5. The van der Waals surface area contributed by atoms with Crippen molar-refractivity contribution in [3.63, 3.8) is 0 Å². The zero-order chi connectivity index (χ0) is 18.4. The number of anilines is 1. The first-order chi connectivity index (χ1) is 11.9. The van der Waals surface area contributed by atoms with E-state index in [2.05, 4.69) is 5.32 Å². The summed E-state index contributed by atoms with van der Waals surface area (Å²) >= 11 is 0. The lowest BCUT2D eigenvalue weighted by Crippen LogP contribution is -2.15. The highest BCUT2D eigenvalue weighted by molar-refractivity contribution is 5.99. The van der Waals surface area contributed by atoms with Gasteiger partial charge in [-0.05, 0) is 55.3 Å². The lowest BCUT2D eigenvalue weighted by molar-refractivity contribution is -0.115. The van der Waals surface area contributed by atoms with E-state index < -0.39 is 5.97 Å². The van der Waals surface area contributed by atoms with Crippen molar-refractivity contribution in [3.05, 3.63) is 64.7 Å². The van der Waals surface area contributed by atoms with Crippen LogP contribution in [0.25, 0.3) is 0 Å². The molecule has 1 amide bonds. The summed E-state index contributed by atoms with van der Waals surface area (Å²) < 4.78 is 5.08. The summed E-state index contributed by atoms with van der Waals surface area (Å²) in [7, 11) is 0. The lowest BCUT2D eigenvalue weighted by atomic mass is 10.0. The molecule has 0 aromatic heterocycles. The molecule has 0 aliphatic carbocycles. The summed E-state index contributed by atoms with van der Waals surface area (Å²) in [5.74, 6) is -0.928. The molecule has 0 unspecified atom stereocenters. The average Bonchev–Trinajstić information content (AvgIpc) is 2.62. The van der Waals surface area contributed by atoms with E-state index in [1.807, 2.05) is 19.9 Å². The van der Waals surface area contributed by atoms with E-state index in [-0.39, 0.29) is 18.3 Å². The second-order valence-corrected chi connectivity index (χ2v) is 5.78. The Morgan fingerprint density at radius 2 is 1.56 bits per heavy atom. The van der Waals surface area contributed by atoms with Crippen molar-refractivity contribution in [2.45, 2.75) is 27.2 Å². The van der Waals surface area contributed by atoms with Crippen LogP contribution in [0.2, 0.25) is 0 Å². The minimum atomic E-state index is -0.578. The van der Waals surface area contributed by atoms with Gasteiger partial charge in [-0.15, -0.1) is 0 Å². The molecule has 25 heavy (non-hydrogen) atoms. The van der Waals surface area contributed by atoms with Crippen molar-refractivity contribution < 1.29 is 19.1 Å². The van der Waals surface area contributed by atoms with Crippen molar-refractivity contribution >= 4 is 23.3 Å². The van der Waals surface area contributed by atoms with Crippen LogP contribution in [0.5, 0.6) is 0 Å². The van der Waals surface area contributed by atoms with Crippen molar-refractivity contribution in [1.29, 1.82) is 0 Å². The molecule has 130 valence electrons. The van der Waals surface area contributed by atoms with Crippen molar-refractivity contribution in [2.24, 2.45) is 0 Å². The van der Waals surface area contributed by atoms with Gasteiger partial charge < -0.3 is 10.1 Å². The third kappa shape index (κ3) is 5.01. The number of hydrogen-bond acceptors (Lipinski definition) is 4. The number of esters is 1. The first kappa shape index (κ1) is 18.4. The maximum atomic E-state index is 12.1. The topological polar surface area (TPSA) is 72.5 Å². The van der Waals surface area contributed by atoms with Gasteiger partial charge in [0.1, 0.15) is 0 Å². The Morgan fingerprint density at radius 3 is 2.16 bits per heavy atom.